The minimum atomic E-state index is -0.103. The molecule has 0 bridgehead atoms. The monoisotopic (exact) mass is 510 g/mol. The molecule has 1 fully saturated rings. The number of amides is 1. The summed E-state index contributed by atoms with van der Waals surface area (Å²) in [7, 11) is 0. The molecule has 0 atom stereocenters. The fraction of sp³-hybridized carbons (Fsp3) is 0.233. The van der Waals surface area contributed by atoms with Crippen molar-refractivity contribution in [1.29, 1.82) is 0 Å². The highest BCUT2D eigenvalue weighted by molar-refractivity contribution is 7.98. The molecule has 0 saturated carbocycles. The van der Waals surface area contributed by atoms with Gasteiger partial charge in [0.2, 0.25) is 0 Å². The average Bonchev–Trinajstić information content (AvgIpc) is 2.97. The first kappa shape index (κ1) is 25.0. The van der Waals surface area contributed by atoms with Gasteiger partial charge in [-0.2, -0.15) is 0 Å². The van der Waals surface area contributed by atoms with Crippen LogP contribution in [0, 0.1) is 6.92 Å². The van der Waals surface area contributed by atoms with E-state index in [1.54, 1.807) is 18.0 Å². The SMILES string of the molecule is CSc1cc(C(=O)NCc2cc(-c3ccnc(-c4cccc(N5CCOCC5)c4)c3)ccn2)ccc1C. The molecule has 1 amide bonds. The number of aryl methyl sites for hydroxylation is 1. The van der Waals surface area contributed by atoms with Crippen molar-refractivity contribution in [1.82, 2.24) is 15.3 Å². The van der Waals surface area contributed by atoms with Gasteiger partial charge in [0.25, 0.3) is 5.91 Å². The van der Waals surface area contributed by atoms with Crippen LogP contribution in [0.5, 0.6) is 0 Å². The van der Waals surface area contributed by atoms with E-state index in [1.807, 2.05) is 55.8 Å². The van der Waals surface area contributed by atoms with Crippen LogP contribution in [0.25, 0.3) is 22.4 Å². The van der Waals surface area contributed by atoms with Crippen LogP contribution in [0.1, 0.15) is 21.6 Å². The normalized spacial score (nSPS) is 13.4. The second-order valence-electron chi connectivity index (χ2n) is 8.98. The standard InChI is InChI=1S/C30H30N4O2S/c1-21-6-7-25(19-29(21)37-2)30(35)33-20-26-16-22(8-10-31-26)23-9-11-32-28(18-23)24-4-3-5-27(17-24)34-12-14-36-15-13-34/h3-11,16-19H,12-15,20H2,1-2H3,(H,33,35). The number of pyridine rings is 2. The predicted molar refractivity (Wildman–Crippen MR) is 150 cm³/mol. The van der Waals surface area contributed by atoms with E-state index in [9.17, 15) is 4.79 Å². The van der Waals surface area contributed by atoms with Crippen LogP contribution >= 0.6 is 11.8 Å². The van der Waals surface area contributed by atoms with Gasteiger partial charge in [-0.15, -0.1) is 11.8 Å². The van der Waals surface area contributed by atoms with Crippen LogP contribution in [0.3, 0.4) is 0 Å². The highest BCUT2D eigenvalue weighted by Gasteiger charge is 2.13. The maximum atomic E-state index is 12.7. The zero-order valence-corrected chi connectivity index (χ0v) is 21.9. The number of benzene rings is 2. The van der Waals surface area contributed by atoms with E-state index in [0.29, 0.717) is 12.1 Å². The van der Waals surface area contributed by atoms with Crippen molar-refractivity contribution in [2.24, 2.45) is 0 Å². The summed E-state index contributed by atoms with van der Waals surface area (Å²) in [4.78, 5) is 25.3. The van der Waals surface area contributed by atoms with Gasteiger partial charge < -0.3 is 15.0 Å². The molecule has 3 heterocycles. The summed E-state index contributed by atoms with van der Waals surface area (Å²) in [5.41, 5.74) is 7.90. The summed E-state index contributed by atoms with van der Waals surface area (Å²) in [6, 6.07) is 22.4. The second kappa shape index (κ2) is 11.6. The van der Waals surface area contributed by atoms with E-state index < -0.39 is 0 Å². The predicted octanol–water partition coefficient (Wildman–Crippen LogP) is 5.61. The van der Waals surface area contributed by atoms with Crippen molar-refractivity contribution in [3.8, 4) is 22.4 Å². The maximum absolute atomic E-state index is 12.7. The van der Waals surface area contributed by atoms with Crippen LogP contribution in [0.4, 0.5) is 5.69 Å². The number of thioether (sulfide) groups is 1. The zero-order chi connectivity index (χ0) is 25.6. The lowest BCUT2D eigenvalue weighted by atomic mass is 10.0. The van der Waals surface area contributed by atoms with Crippen molar-refractivity contribution in [2.45, 2.75) is 18.4 Å². The van der Waals surface area contributed by atoms with E-state index in [4.69, 9.17) is 4.74 Å². The van der Waals surface area contributed by atoms with Gasteiger partial charge in [0.05, 0.1) is 31.1 Å². The molecular weight excluding hydrogens is 480 g/mol. The number of hydrogen-bond donors (Lipinski definition) is 1. The topological polar surface area (TPSA) is 67.4 Å². The molecular formula is C30H30N4O2S. The lowest BCUT2D eigenvalue weighted by Gasteiger charge is -2.29. The maximum Gasteiger partial charge on any atom is 0.251 e. The smallest absolute Gasteiger partial charge is 0.251 e. The molecule has 1 aliphatic heterocycles. The van der Waals surface area contributed by atoms with Gasteiger partial charge >= 0.3 is 0 Å². The highest BCUT2D eigenvalue weighted by Crippen LogP contribution is 2.28. The van der Waals surface area contributed by atoms with Crippen LogP contribution < -0.4 is 10.2 Å². The number of nitrogens with zero attached hydrogens (tertiary/aromatic N) is 3. The first-order chi connectivity index (χ1) is 18.1. The van der Waals surface area contributed by atoms with Gasteiger partial charge in [-0.25, -0.2) is 0 Å². The first-order valence-electron chi connectivity index (χ1n) is 12.4. The lowest BCUT2D eigenvalue weighted by Crippen LogP contribution is -2.36. The van der Waals surface area contributed by atoms with Crippen molar-refractivity contribution in [2.75, 3.05) is 37.5 Å². The van der Waals surface area contributed by atoms with Crippen LogP contribution in [-0.2, 0) is 11.3 Å². The summed E-state index contributed by atoms with van der Waals surface area (Å²) in [6.45, 7) is 5.72. The number of nitrogens with one attached hydrogen (secondary N) is 1. The molecule has 1 aliphatic rings. The average molecular weight is 511 g/mol. The molecule has 2 aromatic heterocycles. The Morgan fingerprint density at radius 3 is 2.54 bits per heavy atom. The molecule has 0 spiro atoms. The Bertz CT molecular complexity index is 1400. The molecule has 0 aliphatic carbocycles. The minimum absolute atomic E-state index is 0.103. The summed E-state index contributed by atoms with van der Waals surface area (Å²) < 4.78 is 5.49. The molecule has 2 aromatic carbocycles. The Kier molecular flexibility index (Phi) is 7.82. The molecule has 0 radical (unpaired) electrons. The number of carbonyl (C=O) groups excluding carboxylic acids is 1. The third-order valence-electron chi connectivity index (χ3n) is 6.53. The lowest BCUT2D eigenvalue weighted by molar-refractivity contribution is 0.0950. The van der Waals surface area contributed by atoms with Gasteiger partial charge in [-0.3, -0.25) is 14.8 Å². The number of aromatic nitrogens is 2. The number of rotatable bonds is 7. The molecule has 5 rings (SSSR count). The third kappa shape index (κ3) is 6.01. The quantitative estimate of drug-likeness (QED) is 0.326. The summed E-state index contributed by atoms with van der Waals surface area (Å²) in [6.07, 6.45) is 5.65. The van der Waals surface area contributed by atoms with Gasteiger partial charge in [0.1, 0.15) is 0 Å². The minimum Gasteiger partial charge on any atom is -0.378 e. The first-order valence-corrected chi connectivity index (χ1v) is 13.6. The molecule has 4 aromatic rings. The Morgan fingerprint density at radius 2 is 1.73 bits per heavy atom. The Labute approximate surface area is 222 Å². The van der Waals surface area contributed by atoms with Crippen molar-refractivity contribution in [3.05, 3.63) is 95.9 Å². The summed E-state index contributed by atoms with van der Waals surface area (Å²) in [5.74, 6) is -0.103. The van der Waals surface area contributed by atoms with E-state index in [-0.39, 0.29) is 5.91 Å². The summed E-state index contributed by atoms with van der Waals surface area (Å²) >= 11 is 1.64. The molecule has 7 heteroatoms. The van der Waals surface area contributed by atoms with Gasteiger partial charge in [0.15, 0.2) is 0 Å². The van der Waals surface area contributed by atoms with Crippen LogP contribution in [-0.4, -0.2) is 48.4 Å². The van der Waals surface area contributed by atoms with Crippen LogP contribution in [0.2, 0.25) is 0 Å². The molecule has 188 valence electrons. The van der Waals surface area contributed by atoms with Gasteiger partial charge in [-0.05, 0) is 78.4 Å². The number of hydrogen-bond acceptors (Lipinski definition) is 6. The van der Waals surface area contributed by atoms with Gasteiger partial charge in [0, 0.05) is 47.2 Å². The second-order valence-corrected chi connectivity index (χ2v) is 9.83. The van der Waals surface area contributed by atoms with E-state index in [0.717, 1.165) is 59.3 Å². The van der Waals surface area contributed by atoms with Crippen molar-refractivity contribution in [3.63, 3.8) is 0 Å². The molecule has 1 saturated heterocycles. The largest absolute Gasteiger partial charge is 0.378 e. The van der Waals surface area contributed by atoms with E-state index >= 15 is 0 Å². The molecule has 37 heavy (non-hydrogen) atoms. The number of ether oxygens (including phenoxy) is 1. The van der Waals surface area contributed by atoms with E-state index in [1.165, 1.54) is 11.3 Å². The van der Waals surface area contributed by atoms with Crippen molar-refractivity contribution < 1.29 is 9.53 Å². The van der Waals surface area contributed by atoms with Crippen molar-refractivity contribution >= 4 is 23.4 Å². The highest BCUT2D eigenvalue weighted by atomic mass is 32.2. The Hall–Kier alpha value is -3.68. The molecule has 1 N–H and O–H groups in total. The van der Waals surface area contributed by atoms with Crippen LogP contribution in [0.15, 0.2) is 84.0 Å². The summed E-state index contributed by atoms with van der Waals surface area (Å²) in [5, 5.41) is 3.00. The fourth-order valence-electron chi connectivity index (χ4n) is 4.44. The Morgan fingerprint density at radius 1 is 0.946 bits per heavy atom. The number of carbonyl (C=O) groups is 1. The van der Waals surface area contributed by atoms with E-state index in [2.05, 4.69) is 50.5 Å². The number of anilines is 1. The molecule has 6 nitrogen and oxygen atoms in total. The Balaban J connectivity index is 1.31. The van der Waals surface area contributed by atoms with Gasteiger partial charge in [-0.1, -0.05) is 18.2 Å². The fourth-order valence-corrected chi connectivity index (χ4v) is 5.07. The number of morpholine rings is 1. The molecule has 0 unspecified atom stereocenters. The zero-order valence-electron chi connectivity index (χ0n) is 21.1. The third-order valence-corrected chi connectivity index (χ3v) is 7.41.